The van der Waals surface area contributed by atoms with Gasteiger partial charge < -0.3 is 10.0 Å². The van der Waals surface area contributed by atoms with Gasteiger partial charge in [0.2, 0.25) is 0 Å². The van der Waals surface area contributed by atoms with Crippen LogP contribution in [0, 0.1) is 13.8 Å². The predicted octanol–water partition coefficient (Wildman–Crippen LogP) is 3.14. The van der Waals surface area contributed by atoms with Crippen molar-refractivity contribution in [1.82, 2.24) is 4.98 Å². The Kier molecular flexibility index (Phi) is 4.39. The molecule has 0 saturated heterocycles. The number of aromatic nitrogens is 1. The van der Waals surface area contributed by atoms with Crippen LogP contribution in [0.15, 0.2) is 23.6 Å². The highest BCUT2D eigenvalue weighted by molar-refractivity contribution is 7.09. The Morgan fingerprint density at radius 2 is 2.20 bits per heavy atom. The standard InChI is InChI=1S/C15H18N2O2S/c1-10-9-13(14(15(18)19)11(2)16-10)17(3)7-6-12-5-4-8-20-12/h4-5,8-9H,6-7H2,1-3H3,(H,18,19). The normalized spacial score (nSPS) is 10.6. The van der Waals surface area contributed by atoms with E-state index in [0.717, 1.165) is 24.3 Å². The lowest BCUT2D eigenvalue weighted by Crippen LogP contribution is -2.23. The van der Waals surface area contributed by atoms with E-state index in [1.54, 1.807) is 18.3 Å². The number of nitrogens with zero attached hydrogens (tertiary/aromatic N) is 2. The minimum absolute atomic E-state index is 0.296. The highest BCUT2D eigenvalue weighted by Gasteiger charge is 2.18. The molecule has 0 atom stereocenters. The van der Waals surface area contributed by atoms with Crippen molar-refractivity contribution in [2.45, 2.75) is 20.3 Å². The molecule has 2 rings (SSSR count). The van der Waals surface area contributed by atoms with E-state index in [2.05, 4.69) is 16.4 Å². The van der Waals surface area contributed by atoms with Gasteiger partial charge in [-0.2, -0.15) is 0 Å². The highest BCUT2D eigenvalue weighted by Crippen LogP contribution is 2.23. The van der Waals surface area contributed by atoms with Crippen molar-refractivity contribution in [3.63, 3.8) is 0 Å². The molecule has 4 nitrogen and oxygen atoms in total. The van der Waals surface area contributed by atoms with E-state index in [1.165, 1.54) is 4.88 Å². The maximum absolute atomic E-state index is 11.4. The van der Waals surface area contributed by atoms with Gasteiger partial charge in [-0.15, -0.1) is 11.3 Å². The summed E-state index contributed by atoms with van der Waals surface area (Å²) in [4.78, 5) is 19.0. The van der Waals surface area contributed by atoms with Crippen LogP contribution in [0.4, 0.5) is 5.69 Å². The number of carbonyl (C=O) groups is 1. The van der Waals surface area contributed by atoms with Gasteiger partial charge in [0.25, 0.3) is 0 Å². The molecule has 0 radical (unpaired) electrons. The second kappa shape index (κ2) is 6.05. The molecule has 1 N–H and O–H groups in total. The first-order valence-corrected chi connectivity index (χ1v) is 7.32. The third-order valence-corrected chi connectivity index (χ3v) is 4.14. The monoisotopic (exact) mass is 290 g/mol. The molecule has 0 saturated carbocycles. The first kappa shape index (κ1) is 14.5. The van der Waals surface area contributed by atoms with Crippen molar-refractivity contribution in [2.24, 2.45) is 0 Å². The van der Waals surface area contributed by atoms with Gasteiger partial charge in [-0.3, -0.25) is 4.98 Å². The van der Waals surface area contributed by atoms with E-state index in [9.17, 15) is 9.90 Å². The lowest BCUT2D eigenvalue weighted by Gasteiger charge is -2.22. The fourth-order valence-corrected chi connectivity index (χ4v) is 2.92. The number of aryl methyl sites for hydroxylation is 2. The number of carboxylic acid groups (broad SMARTS) is 1. The predicted molar refractivity (Wildman–Crippen MR) is 82.0 cm³/mol. The number of aromatic carboxylic acids is 1. The molecule has 0 spiro atoms. The maximum atomic E-state index is 11.4. The second-order valence-electron chi connectivity index (χ2n) is 4.80. The summed E-state index contributed by atoms with van der Waals surface area (Å²) in [5.74, 6) is -0.923. The van der Waals surface area contributed by atoms with Crippen molar-refractivity contribution in [3.05, 3.63) is 45.4 Å². The van der Waals surface area contributed by atoms with Crippen molar-refractivity contribution in [3.8, 4) is 0 Å². The molecule has 0 fully saturated rings. The summed E-state index contributed by atoms with van der Waals surface area (Å²) in [7, 11) is 1.92. The number of hydrogen-bond acceptors (Lipinski definition) is 4. The van der Waals surface area contributed by atoms with Gasteiger partial charge in [-0.05, 0) is 37.8 Å². The minimum Gasteiger partial charge on any atom is -0.478 e. The SMILES string of the molecule is Cc1cc(N(C)CCc2cccs2)c(C(=O)O)c(C)n1. The molecule has 2 aromatic heterocycles. The highest BCUT2D eigenvalue weighted by atomic mass is 32.1. The summed E-state index contributed by atoms with van der Waals surface area (Å²) in [5.41, 5.74) is 2.43. The molecule has 106 valence electrons. The molecule has 0 aliphatic carbocycles. The van der Waals surface area contributed by atoms with Crippen molar-refractivity contribution >= 4 is 23.0 Å². The van der Waals surface area contributed by atoms with E-state index in [-0.39, 0.29) is 0 Å². The van der Waals surface area contributed by atoms with Crippen LogP contribution in [0.1, 0.15) is 26.6 Å². The third kappa shape index (κ3) is 3.17. The van der Waals surface area contributed by atoms with E-state index in [0.29, 0.717) is 11.3 Å². The molecular formula is C15H18N2O2S. The smallest absolute Gasteiger partial charge is 0.339 e. The molecule has 0 bridgehead atoms. The van der Waals surface area contributed by atoms with Crippen LogP contribution in [-0.4, -0.2) is 29.7 Å². The van der Waals surface area contributed by atoms with Crippen LogP contribution in [0.2, 0.25) is 0 Å². The first-order valence-electron chi connectivity index (χ1n) is 6.44. The van der Waals surface area contributed by atoms with E-state index >= 15 is 0 Å². The number of pyridine rings is 1. The van der Waals surface area contributed by atoms with E-state index < -0.39 is 5.97 Å². The molecule has 0 unspecified atom stereocenters. The third-order valence-electron chi connectivity index (χ3n) is 3.21. The Labute approximate surface area is 122 Å². The van der Waals surface area contributed by atoms with Gasteiger partial charge in [0.05, 0.1) is 11.4 Å². The van der Waals surface area contributed by atoms with E-state index in [1.807, 2.05) is 31.0 Å². The van der Waals surface area contributed by atoms with Crippen molar-refractivity contribution < 1.29 is 9.90 Å². The largest absolute Gasteiger partial charge is 0.478 e. The quantitative estimate of drug-likeness (QED) is 0.919. The summed E-state index contributed by atoms with van der Waals surface area (Å²) in [6, 6.07) is 5.97. The zero-order chi connectivity index (χ0) is 14.7. The van der Waals surface area contributed by atoms with Gasteiger partial charge in [-0.1, -0.05) is 6.07 Å². The topological polar surface area (TPSA) is 53.4 Å². The lowest BCUT2D eigenvalue weighted by atomic mass is 10.1. The zero-order valence-electron chi connectivity index (χ0n) is 11.9. The average molecular weight is 290 g/mol. The second-order valence-corrected chi connectivity index (χ2v) is 5.83. The minimum atomic E-state index is -0.923. The Morgan fingerprint density at radius 3 is 2.80 bits per heavy atom. The molecule has 0 aromatic carbocycles. The van der Waals surface area contributed by atoms with Gasteiger partial charge >= 0.3 is 5.97 Å². The molecule has 0 aliphatic heterocycles. The molecular weight excluding hydrogens is 272 g/mol. The van der Waals surface area contributed by atoms with Crippen LogP contribution in [-0.2, 0) is 6.42 Å². The van der Waals surface area contributed by atoms with Gasteiger partial charge in [0.15, 0.2) is 0 Å². The van der Waals surface area contributed by atoms with Gasteiger partial charge in [-0.25, -0.2) is 4.79 Å². The number of hydrogen-bond donors (Lipinski definition) is 1. The van der Waals surface area contributed by atoms with Crippen LogP contribution >= 0.6 is 11.3 Å². The Hall–Kier alpha value is -1.88. The van der Waals surface area contributed by atoms with Crippen LogP contribution in [0.3, 0.4) is 0 Å². The number of rotatable bonds is 5. The summed E-state index contributed by atoms with van der Waals surface area (Å²) in [6.45, 7) is 4.41. The Balaban J connectivity index is 2.24. The molecule has 0 aliphatic rings. The summed E-state index contributed by atoms with van der Waals surface area (Å²) < 4.78 is 0. The lowest BCUT2D eigenvalue weighted by molar-refractivity contribution is 0.0696. The maximum Gasteiger partial charge on any atom is 0.339 e. The number of anilines is 1. The van der Waals surface area contributed by atoms with Gasteiger partial charge in [0.1, 0.15) is 5.56 Å². The van der Waals surface area contributed by atoms with Crippen LogP contribution in [0.5, 0.6) is 0 Å². The Bertz CT molecular complexity index is 609. The van der Waals surface area contributed by atoms with Gasteiger partial charge in [0, 0.05) is 24.2 Å². The Morgan fingerprint density at radius 1 is 1.45 bits per heavy atom. The fraction of sp³-hybridized carbons (Fsp3) is 0.333. The number of carboxylic acids is 1. The first-order chi connectivity index (χ1) is 9.49. The average Bonchev–Trinajstić information content (AvgIpc) is 2.87. The fourth-order valence-electron chi connectivity index (χ4n) is 2.23. The van der Waals surface area contributed by atoms with Crippen LogP contribution in [0.25, 0.3) is 0 Å². The molecule has 20 heavy (non-hydrogen) atoms. The summed E-state index contributed by atoms with van der Waals surface area (Å²) in [6.07, 6.45) is 0.910. The molecule has 0 amide bonds. The molecule has 5 heteroatoms. The van der Waals surface area contributed by atoms with Crippen LogP contribution < -0.4 is 4.90 Å². The number of likely N-dealkylation sites (N-methyl/N-ethyl adjacent to an activating group) is 1. The van der Waals surface area contributed by atoms with E-state index in [4.69, 9.17) is 0 Å². The zero-order valence-corrected chi connectivity index (χ0v) is 12.7. The van der Waals surface area contributed by atoms with Crippen molar-refractivity contribution in [1.29, 1.82) is 0 Å². The number of thiophene rings is 1. The molecule has 2 aromatic rings. The van der Waals surface area contributed by atoms with Crippen molar-refractivity contribution in [2.75, 3.05) is 18.5 Å². The molecule has 2 heterocycles. The summed E-state index contributed by atoms with van der Waals surface area (Å²) in [5, 5.41) is 11.4. The summed E-state index contributed by atoms with van der Waals surface area (Å²) >= 11 is 1.72.